The van der Waals surface area contributed by atoms with E-state index in [0.717, 1.165) is 24.2 Å². The van der Waals surface area contributed by atoms with Gasteiger partial charge in [-0.2, -0.15) is 0 Å². The van der Waals surface area contributed by atoms with Gasteiger partial charge >= 0.3 is 12.1 Å². The Kier molecular flexibility index (Phi) is 6.69. The van der Waals surface area contributed by atoms with Gasteiger partial charge in [0.15, 0.2) is 16.4 Å². The first kappa shape index (κ1) is 23.1. The molecule has 3 aromatic heterocycles. The van der Waals surface area contributed by atoms with E-state index in [1.165, 1.54) is 24.4 Å². The van der Waals surface area contributed by atoms with Crippen LogP contribution in [0.15, 0.2) is 29.2 Å². The normalized spacial score (nSPS) is 11.4. The van der Waals surface area contributed by atoms with Crippen molar-refractivity contribution in [3.63, 3.8) is 0 Å². The molecule has 0 spiro atoms. The van der Waals surface area contributed by atoms with Crippen LogP contribution in [0.25, 0.3) is 21.5 Å². The van der Waals surface area contributed by atoms with Crippen LogP contribution in [0, 0.1) is 12.3 Å². The smallest absolute Gasteiger partial charge is 0.406 e. The number of imidazole rings is 1. The molecule has 0 aliphatic heterocycles. The number of aromatic amines is 1. The number of nitrogens with two attached hydrogens (primary N) is 1. The van der Waals surface area contributed by atoms with Crippen LogP contribution >= 0.6 is 11.3 Å². The van der Waals surface area contributed by atoms with Gasteiger partial charge in [-0.25, -0.2) is 19.7 Å². The van der Waals surface area contributed by atoms with Gasteiger partial charge in [0.2, 0.25) is 0 Å². The van der Waals surface area contributed by atoms with Crippen molar-refractivity contribution in [2.75, 3.05) is 5.73 Å². The van der Waals surface area contributed by atoms with E-state index in [-0.39, 0.29) is 17.5 Å². The number of fused-ring (bicyclic) bond motifs is 2. The fraction of sp³-hybridized carbons (Fsp3) is 0.300. The molecule has 32 heavy (non-hydrogen) atoms. The van der Waals surface area contributed by atoms with Crippen LogP contribution in [0.1, 0.15) is 38.4 Å². The Balaban J connectivity index is 0.000000182. The average molecular weight is 464 g/mol. The highest BCUT2D eigenvalue weighted by atomic mass is 32.1. The molecule has 168 valence electrons. The maximum Gasteiger partial charge on any atom is 0.573 e. The third kappa shape index (κ3) is 5.17. The highest BCUT2D eigenvalue weighted by molar-refractivity contribution is 7.22. The van der Waals surface area contributed by atoms with E-state index in [9.17, 15) is 18.0 Å². The predicted molar refractivity (Wildman–Crippen MR) is 116 cm³/mol. The van der Waals surface area contributed by atoms with Crippen LogP contribution in [0.2, 0.25) is 0 Å². The van der Waals surface area contributed by atoms with E-state index in [1.54, 1.807) is 4.57 Å². The fourth-order valence-corrected chi connectivity index (χ4v) is 3.84. The highest BCUT2D eigenvalue weighted by Gasteiger charge is 2.31. The molecule has 12 heteroatoms. The van der Waals surface area contributed by atoms with E-state index in [0.29, 0.717) is 32.3 Å². The van der Waals surface area contributed by atoms with Crippen molar-refractivity contribution in [1.29, 1.82) is 0 Å². The zero-order valence-electron chi connectivity index (χ0n) is 17.1. The van der Waals surface area contributed by atoms with Crippen LogP contribution in [0.5, 0.6) is 5.75 Å². The number of ether oxygens (including phenoxy) is 1. The number of nitrogens with one attached hydrogen (secondary N) is 1. The van der Waals surface area contributed by atoms with Crippen molar-refractivity contribution in [1.82, 2.24) is 24.5 Å². The molecule has 0 bridgehead atoms. The molecule has 0 unspecified atom stereocenters. The van der Waals surface area contributed by atoms with E-state index >= 15 is 0 Å². The van der Waals surface area contributed by atoms with Gasteiger partial charge in [0.1, 0.15) is 11.4 Å². The number of nitrogen functional groups attached to an aromatic ring is 1. The Bertz CT molecular complexity index is 1330. The first-order valence-corrected chi connectivity index (χ1v) is 10.3. The number of thiazole rings is 1. The number of hydrogen-bond acceptors (Lipinski definition) is 7. The minimum atomic E-state index is -4.68. The molecule has 3 N–H and O–H groups in total. The Labute approximate surface area is 184 Å². The lowest BCUT2D eigenvalue weighted by molar-refractivity contribution is -0.274. The summed E-state index contributed by atoms with van der Waals surface area (Å²) < 4.78 is 41.6. The number of halogens is 3. The standard InChI is InChI=1S/C12H14N4O.C8H5F3N2OS/c1-4-8-7-13-10-11(14-8)16(12(17)15-10)9(5-2)6-3;9-8(10,11)14-4-1-2-5-6(3-4)15-7(12)13-5/h1,7,9H,5-6H2,2-3H3,(H,13,15,17);1-3H,(H2,12,13). The minimum absolute atomic E-state index is 0.124. The minimum Gasteiger partial charge on any atom is -0.406 e. The number of anilines is 1. The lowest BCUT2D eigenvalue weighted by Gasteiger charge is -2.13. The monoisotopic (exact) mass is 464 g/mol. The van der Waals surface area contributed by atoms with E-state index in [2.05, 4.69) is 30.6 Å². The quantitative estimate of drug-likeness (QED) is 0.437. The van der Waals surface area contributed by atoms with E-state index in [4.69, 9.17) is 12.2 Å². The lowest BCUT2D eigenvalue weighted by Crippen LogP contribution is -2.21. The van der Waals surface area contributed by atoms with Crippen LogP contribution in [-0.2, 0) is 0 Å². The van der Waals surface area contributed by atoms with Crippen LogP contribution in [0.3, 0.4) is 0 Å². The second-order valence-corrected chi connectivity index (χ2v) is 7.63. The zero-order valence-corrected chi connectivity index (χ0v) is 17.9. The van der Waals surface area contributed by atoms with Crippen molar-refractivity contribution >= 4 is 38.0 Å². The SMILES string of the molecule is C#Cc1cnc2[nH]c(=O)n(C(CC)CC)c2n1.Nc1nc2ccc(OC(F)(F)F)cc2s1. The number of rotatable bonds is 4. The summed E-state index contributed by atoms with van der Waals surface area (Å²) in [6.07, 6.45) is 3.83. The molecule has 0 fully saturated rings. The summed E-state index contributed by atoms with van der Waals surface area (Å²) in [4.78, 5) is 26.8. The molecule has 0 saturated heterocycles. The first-order chi connectivity index (χ1) is 15.1. The topological polar surface area (TPSA) is 112 Å². The molecule has 4 aromatic rings. The van der Waals surface area contributed by atoms with Gasteiger partial charge in [0.05, 0.1) is 16.4 Å². The molecule has 0 amide bonds. The summed E-state index contributed by atoms with van der Waals surface area (Å²) in [5, 5.41) is 0.314. The van der Waals surface area contributed by atoms with Crippen molar-refractivity contribution < 1.29 is 17.9 Å². The average Bonchev–Trinajstić information content (AvgIpc) is 3.26. The first-order valence-electron chi connectivity index (χ1n) is 9.50. The van der Waals surface area contributed by atoms with Crippen molar-refractivity contribution in [3.05, 3.63) is 40.6 Å². The van der Waals surface area contributed by atoms with E-state index in [1.807, 2.05) is 13.8 Å². The maximum absolute atomic E-state index is 11.9. The van der Waals surface area contributed by atoms with Gasteiger partial charge < -0.3 is 10.5 Å². The Morgan fingerprint density at radius 2 is 2.03 bits per heavy atom. The molecular weight excluding hydrogens is 445 g/mol. The van der Waals surface area contributed by atoms with Crippen LogP contribution in [0.4, 0.5) is 18.3 Å². The fourth-order valence-electron chi connectivity index (χ4n) is 3.08. The van der Waals surface area contributed by atoms with Gasteiger partial charge in [-0.15, -0.1) is 19.6 Å². The Hall–Kier alpha value is -3.59. The number of hydrogen-bond donors (Lipinski definition) is 2. The molecule has 0 saturated carbocycles. The highest BCUT2D eigenvalue weighted by Crippen LogP contribution is 2.30. The molecule has 8 nitrogen and oxygen atoms in total. The molecule has 1 aromatic carbocycles. The third-order valence-electron chi connectivity index (χ3n) is 4.49. The summed E-state index contributed by atoms with van der Waals surface area (Å²) in [6, 6.07) is 4.02. The Morgan fingerprint density at radius 3 is 2.66 bits per heavy atom. The summed E-state index contributed by atoms with van der Waals surface area (Å²) in [5.74, 6) is 2.16. The summed E-state index contributed by atoms with van der Waals surface area (Å²) in [6.45, 7) is 4.08. The number of alkyl halides is 3. The maximum atomic E-state index is 11.9. The molecular formula is C20H19F3N6O2S. The zero-order chi connectivity index (χ0) is 23.5. The number of terminal acetylenes is 1. The Morgan fingerprint density at radius 1 is 1.31 bits per heavy atom. The molecule has 3 heterocycles. The second-order valence-electron chi connectivity index (χ2n) is 6.57. The van der Waals surface area contributed by atoms with Crippen molar-refractivity contribution in [3.8, 4) is 18.1 Å². The molecule has 0 radical (unpaired) electrons. The van der Waals surface area contributed by atoms with Gasteiger partial charge in [0, 0.05) is 12.1 Å². The number of H-pyrrole nitrogens is 1. The van der Waals surface area contributed by atoms with Gasteiger partial charge in [-0.1, -0.05) is 25.2 Å². The largest absolute Gasteiger partial charge is 0.573 e. The van der Waals surface area contributed by atoms with E-state index < -0.39 is 6.36 Å². The third-order valence-corrected chi connectivity index (χ3v) is 5.34. The van der Waals surface area contributed by atoms with Crippen molar-refractivity contribution in [2.45, 2.75) is 39.1 Å². The molecule has 4 rings (SSSR count). The van der Waals surface area contributed by atoms with Crippen molar-refractivity contribution in [2.24, 2.45) is 0 Å². The predicted octanol–water partition coefficient (Wildman–Crippen LogP) is 4.24. The van der Waals surface area contributed by atoms with Crippen LogP contribution < -0.4 is 16.2 Å². The molecule has 0 aliphatic carbocycles. The molecule has 0 atom stereocenters. The summed E-state index contributed by atoms with van der Waals surface area (Å²) >= 11 is 1.11. The summed E-state index contributed by atoms with van der Waals surface area (Å²) in [7, 11) is 0. The van der Waals surface area contributed by atoms with Gasteiger partial charge in [0.25, 0.3) is 0 Å². The van der Waals surface area contributed by atoms with Gasteiger partial charge in [-0.3, -0.25) is 9.55 Å². The molecule has 0 aliphatic rings. The number of aromatic nitrogens is 5. The number of benzene rings is 1. The lowest BCUT2D eigenvalue weighted by atomic mass is 10.2. The summed E-state index contributed by atoms with van der Waals surface area (Å²) in [5.41, 5.74) is 7.27. The second kappa shape index (κ2) is 9.27. The van der Waals surface area contributed by atoms with Gasteiger partial charge in [-0.05, 0) is 30.9 Å². The number of nitrogens with zero attached hydrogens (tertiary/aromatic N) is 4. The van der Waals surface area contributed by atoms with Crippen LogP contribution in [-0.4, -0.2) is 30.9 Å².